The van der Waals surface area contributed by atoms with Gasteiger partial charge in [0, 0.05) is 13.0 Å². The molecule has 0 amide bonds. The van der Waals surface area contributed by atoms with Gasteiger partial charge >= 0.3 is 0 Å². The van der Waals surface area contributed by atoms with Crippen LogP contribution in [0.2, 0.25) is 0 Å². The average molecular weight is 371 g/mol. The van der Waals surface area contributed by atoms with Crippen molar-refractivity contribution in [3.8, 4) is 11.8 Å². The minimum absolute atomic E-state index is 0.0654. The fourth-order valence-corrected chi connectivity index (χ4v) is 5.90. The van der Waals surface area contributed by atoms with Crippen LogP contribution in [0.1, 0.15) is 17.0 Å². The number of hydrogen-bond donors (Lipinski definition) is 0. The molecule has 5 nitrogen and oxygen atoms in total. The molecule has 0 heterocycles. The number of ether oxygens (including phenoxy) is 2. The molecule has 6 heteroatoms. The van der Waals surface area contributed by atoms with Gasteiger partial charge in [-0.2, -0.15) is 5.26 Å². The average Bonchev–Trinajstić information content (AvgIpc) is 3.32. The molecule has 0 unspecified atom stereocenters. The van der Waals surface area contributed by atoms with Crippen molar-refractivity contribution in [3.63, 3.8) is 0 Å². The van der Waals surface area contributed by atoms with Crippen molar-refractivity contribution in [1.82, 2.24) is 0 Å². The molecule has 0 radical (unpaired) electrons. The number of aryl methyl sites for hydroxylation is 1. The number of methoxy groups -OCH3 is 2. The van der Waals surface area contributed by atoms with Crippen LogP contribution in [0, 0.1) is 23.7 Å². The summed E-state index contributed by atoms with van der Waals surface area (Å²) in [5, 5.41) is 8.99. The number of sulfone groups is 1. The molecule has 1 aliphatic rings. The molecule has 3 atom stereocenters. The van der Waals surface area contributed by atoms with Crippen molar-refractivity contribution in [2.75, 3.05) is 20.8 Å². The second kappa shape index (κ2) is 6.75. The Bertz CT molecular complexity index is 929. The van der Waals surface area contributed by atoms with Crippen molar-refractivity contribution in [3.05, 3.63) is 59.7 Å². The molecule has 2 aromatic rings. The van der Waals surface area contributed by atoms with E-state index in [9.17, 15) is 13.7 Å². The maximum absolute atomic E-state index is 13.2. The third-order valence-corrected chi connectivity index (χ3v) is 7.30. The van der Waals surface area contributed by atoms with Gasteiger partial charge in [-0.3, -0.25) is 0 Å². The van der Waals surface area contributed by atoms with Gasteiger partial charge in [-0.15, -0.1) is 0 Å². The first-order valence-corrected chi connectivity index (χ1v) is 9.80. The van der Waals surface area contributed by atoms with E-state index >= 15 is 0 Å². The number of nitrogens with zero attached hydrogens (tertiary/aromatic N) is 1. The molecule has 0 aromatic heterocycles. The Hall–Kier alpha value is -2.36. The molecule has 2 aromatic carbocycles. The first kappa shape index (κ1) is 18.4. The standard InChI is InChI=1S/C20H21NO4S/c1-14-4-10-17(11-5-14)26(22,23)19-18(20(19,12-21)13-24-2)15-6-8-16(25-3)9-7-15/h4-11,18-19H,13H2,1-3H3/t18-,19+,20+/m0/s1. The van der Waals surface area contributed by atoms with Crippen molar-refractivity contribution < 1.29 is 17.9 Å². The molecule has 1 aliphatic carbocycles. The minimum atomic E-state index is -3.67. The molecule has 0 aliphatic heterocycles. The molecule has 3 rings (SSSR count). The fourth-order valence-electron chi connectivity index (χ4n) is 3.59. The van der Waals surface area contributed by atoms with E-state index in [0.717, 1.165) is 11.1 Å². The van der Waals surface area contributed by atoms with E-state index in [4.69, 9.17) is 9.47 Å². The summed E-state index contributed by atoms with van der Waals surface area (Å²) in [6, 6.07) is 16.1. The zero-order chi connectivity index (χ0) is 18.9. The Kier molecular flexibility index (Phi) is 4.78. The van der Waals surface area contributed by atoms with Crippen LogP contribution in [0.5, 0.6) is 5.75 Å². The van der Waals surface area contributed by atoms with Crippen molar-refractivity contribution in [1.29, 1.82) is 5.26 Å². The van der Waals surface area contributed by atoms with Crippen LogP contribution >= 0.6 is 0 Å². The zero-order valence-electron chi connectivity index (χ0n) is 15.0. The Morgan fingerprint density at radius 1 is 1.08 bits per heavy atom. The summed E-state index contributed by atoms with van der Waals surface area (Å²) in [4.78, 5) is 0.236. The number of nitriles is 1. The molecular weight excluding hydrogens is 350 g/mol. The molecule has 26 heavy (non-hydrogen) atoms. The molecule has 0 N–H and O–H groups in total. The maximum atomic E-state index is 13.2. The molecule has 136 valence electrons. The second-order valence-electron chi connectivity index (χ2n) is 6.61. The number of hydrogen-bond acceptors (Lipinski definition) is 5. The maximum Gasteiger partial charge on any atom is 0.183 e. The number of benzene rings is 2. The third-order valence-electron chi connectivity index (χ3n) is 5.01. The van der Waals surface area contributed by atoms with Gasteiger partial charge in [0.15, 0.2) is 9.84 Å². The highest BCUT2D eigenvalue weighted by atomic mass is 32.2. The second-order valence-corrected chi connectivity index (χ2v) is 8.68. The van der Waals surface area contributed by atoms with Gasteiger partial charge in [0.25, 0.3) is 0 Å². The molecule has 0 saturated heterocycles. The summed E-state index contributed by atoms with van der Waals surface area (Å²) in [6.45, 7) is 1.97. The van der Waals surface area contributed by atoms with Crippen molar-refractivity contribution in [2.24, 2.45) is 5.41 Å². The molecule has 0 bridgehead atoms. The summed E-state index contributed by atoms with van der Waals surface area (Å²) in [5.74, 6) is 0.242. The summed E-state index contributed by atoms with van der Waals surface area (Å²) < 4.78 is 36.8. The van der Waals surface area contributed by atoms with Crippen molar-refractivity contribution in [2.45, 2.75) is 23.0 Å². The van der Waals surface area contributed by atoms with Crippen LogP contribution in [-0.2, 0) is 14.6 Å². The predicted molar refractivity (Wildman–Crippen MR) is 97.8 cm³/mol. The van der Waals surface area contributed by atoms with E-state index in [1.54, 1.807) is 43.5 Å². The van der Waals surface area contributed by atoms with E-state index in [0.29, 0.717) is 5.75 Å². The van der Waals surface area contributed by atoms with Crippen LogP contribution in [0.25, 0.3) is 0 Å². The summed E-state index contributed by atoms with van der Waals surface area (Å²) in [6.07, 6.45) is 0. The van der Waals surface area contributed by atoms with E-state index in [1.807, 2.05) is 19.1 Å². The van der Waals surface area contributed by atoms with Crippen molar-refractivity contribution >= 4 is 9.84 Å². The smallest absolute Gasteiger partial charge is 0.183 e. The predicted octanol–water partition coefficient (Wildman–Crippen LogP) is 3.10. The lowest BCUT2D eigenvalue weighted by Gasteiger charge is -2.08. The monoisotopic (exact) mass is 371 g/mol. The van der Waals surface area contributed by atoms with Crippen LogP contribution in [0.15, 0.2) is 53.4 Å². The summed E-state index contributed by atoms with van der Waals surface area (Å²) in [7, 11) is -0.616. The first-order chi connectivity index (χ1) is 12.4. The zero-order valence-corrected chi connectivity index (χ0v) is 15.8. The molecule has 0 spiro atoms. The van der Waals surface area contributed by atoms with Gasteiger partial charge in [0.05, 0.1) is 29.9 Å². The number of rotatable bonds is 6. The van der Waals surface area contributed by atoms with E-state index < -0.39 is 26.4 Å². The lowest BCUT2D eigenvalue weighted by atomic mass is 10.0. The SMILES string of the molecule is COC[C@@]1(C#N)[C@H](S(=O)(=O)c2ccc(C)cc2)[C@@H]1c1ccc(OC)cc1. The normalized spacial score (nSPS) is 24.7. The minimum Gasteiger partial charge on any atom is -0.497 e. The highest BCUT2D eigenvalue weighted by Gasteiger charge is 2.72. The fraction of sp³-hybridized carbons (Fsp3) is 0.350. The highest BCUT2D eigenvalue weighted by Crippen LogP contribution is 2.63. The van der Waals surface area contributed by atoms with Crippen LogP contribution in [-0.4, -0.2) is 34.5 Å². The van der Waals surface area contributed by atoms with Gasteiger partial charge in [-0.25, -0.2) is 8.42 Å². The Morgan fingerprint density at radius 2 is 1.69 bits per heavy atom. The molecular formula is C20H21NO4S. The summed E-state index contributed by atoms with van der Waals surface area (Å²) in [5.41, 5.74) is 0.688. The van der Waals surface area contributed by atoms with Crippen LogP contribution in [0.4, 0.5) is 0 Å². The van der Waals surface area contributed by atoms with Crippen LogP contribution in [0.3, 0.4) is 0 Å². The lowest BCUT2D eigenvalue weighted by Crippen LogP contribution is -2.19. The van der Waals surface area contributed by atoms with Gasteiger partial charge in [0.2, 0.25) is 0 Å². The summed E-state index contributed by atoms with van der Waals surface area (Å²) >= 11 is 0. The van der Waals surface area contributed by atoms with Gasteiger partial charge < -0.3 is 9.47 Å². The van der Waals surface area contributed by atoms with E-state index in [1.165, 1.54) is 7.11 Å². The topological polar surface area (TPSA) is 76.4 Å². The third kappa shape index (κ3) is 2.87. The van der Waals surface area contributed by atoms with Crippen LogP contribution < -0.4 is 4.74 Å². The highest BCUT2D eigenvalue weighted by molar-refractivity contribution is 7.92. The van der Waals surface area contributed by atoms with Gasteiger partial charge in [0.1, 0.15) is 11.2 Å². The molecule has 1 fully saturated rings. The molecule has 1 saturated carbocycles. The van der Waals surface area contributed by atoms with E-state index in [2.05, 4.69) is 6.07 Å². The largest absolute Gasteiger partial charge is 0.497 e. The first-order valence-electron chi connectivity index (χ1n) is 8.25. The Morgan fingerprint density at radius 3 is 2.19 bits per heavy atom. The quantitative estimate of drug-likeness (QED) is 0.780. The lowest BCUT2D eigenvalue weighted by molar-refractivity contribution is 0.162. The van der Waals surface area contributed by atoms with Gasteiger partial charge in [-0.1, -0.05) is 29.8 Å². The Labute approximate surface area is 154 Å². The van der Waals surface area contributed by atoms with E-state index in [-0.39, 0.29) is 11.5 Å². The van der Waals surface area contributed by atoms with Gasteiger partial charge in [-0.05, 0) is 36.8 Å². The Balaban J connectivity index is 2.05.